The molecule has 2 amide bonds. The Morgan fingerprint density at radius 2 is 1.74 bits per heavy atom. The predicted molar refractivity (Wildman–Crippen MR) is 93.5 cm³/mol. The van der Waals surface area contributed by atoms with Gasteiger partial charge in [0.2, 0.25) is 11.8 Å². The number of rotatable bonds is 6. The van der Waals surface area contributed by atoms with E-state index in [0.717, 1.165) is 29.7 Å². The fraction of sp³-hybridized carbons (Fsp3) is 0.579. The summed E-state index contributed by atoms with van der Waals surface area (Å²) in [5.74, 6) is -0.188. The molecule has 1 aliphatic rings. The summed E-state index contributed by atoms with van der Waals surface area (Å²) < 4.78 is 0. The molecule has 1 N–H and O–H groups in total. The number of hydrogen-bond donors (Lipinski definition) is 1. The van der Waals surface area contributed by atoms with Gasteiger partial charge in [-0.15, -0.1) is 0 Å². The average molecular weight is 316 g/mol. The summed E-state index contributed by atoms with van der Waals surface area (Å²) >= 11 is 0. The molecule has 1 saturated carbocycles. The molecule has 0 aromatic heterocycles. The van der Waals surface area contributed by atoms with Crippen LogP contribution in [-0.4, -0.2) is 30.3 Å². The lowest BCUT2D eigenvalue weighted by molar-refractivity contribution is -0.141. The lowest BCUT2D eigenvalue weighted by atomic mass is 10.0. The van der Waals surface area contributed by atoms with Crippen molar-refractivity contribution in [3.8, 4) is 0 Å². The summed E-state index contributed by atoms with van der Waals surface area (Å²) in [6, 6.07) is 4.11. The lowest BCUT2D eigenvalue weighted by Crippen LogP contribution is -2.41. The first-order valence-corrected chi connectivity index (χ1v) is 8.46. The van der Waals surface area contributed by atoms with Crippen LogP contribution in [0.15, 0.2) is 12.1 Å². The second kappa shape index (κ2) is 6.73. The van der Waals surface area contributed by atoms with Gasteiger partial charge in [0.15, 0.2) is 0 Å². The van der Waals surface area contributed by atoms with Crippen molar-refractivity contribution in [1.29, 1.82) is 0 Å². The molecule has 1 aliphatic carbocycles. The van der Waals surface area contributed by atoms with E-state index in [4.69, 9.17) is 0 Å². The molecule has 126 valence electrons. The molecule has 4 heteroatoms. The second-order valence-electron chi connectivity index (χ2n) is 6.89. The molecule has 0 radical (unpaired) electrons. The number of aryl methyl sites for hydroxylation is 3. The molecule has 4 nitrogen and oxygen atoms in total. The van der Waals surface area contributed by atoms with Crippen LogP contribution < -0.4 is 5.32 Å². The molecule has 0 aliphatic heterocycles. The van der Waals surface area contributed by atoms with Crippen LogP contribution in [0.2, 0.25) is 0 Å². The Kier molecular flexibility index (Phi) is 5.12. The lowest BCUT2D eigenvalue weighted by Gasteiger charge is -2.23. The highest BCUT2D eigenvalue weighted by atomic mass is 16.2. The van der Waals surface area contributed by atoms with E-state index >= 15 is 0 Å². The molecule has 1 fully saturated rings. The number of carbonyl (C=O) groups excluding carboxylic acids is 2. The highest BCUT2D eigenvalue weighted by molar-refractivity contribution is 6.13. The van der Waals surface area contributed by atoms with Crippen molar-refractivity contribution < 1.29 is 9.59 Å². The van der Waals surface area contributed by atoms with E-state index in [9.17, 15) is 9.59 Å². The summed E-state index contributed by atoms with van der Waals surface area (Å²) in [6.07, 6.45) is 3.31. The molecule has 0 atom stereocenters. The Labute approximate surface area is 139 Å². The maximum atomic E-state index is 12.7. The number of amides is 2. The van der Waals surface area contributed by atoms with Gasteiger partial charge in [-0.25, -0.2) is 0 Å². The number of benzene rings is 1. The zero-order valence-corrected chi connectivity index (χ0v) is 15.0. The summed E-state index contributed by atoms with van der Waals surface area (Å²) in [7, 11) is 1.80. The third-order valence-electron chi connectivity index (χ3n) is 4.70. The van der Waals surface area contributed by atoms with Crippen molar-refractivity contribution in [2.75, 3.05) is 18.9 Å². The van der Waals surface area contributed by atoms with Gasteiger partial charge in [0.05, 0.1) is 0 Å². The van der Waals surface area contributed by atoms with Gasteiger partial charge < -0.3 is 10.2 Å². The summed E-state index contributed by atoms with van der Waals surface area (Å²) in [4.78, 5) is 27.1. The minimum Gasteiger partial charge on any atom is -0.345 e. The van der Waals surface area contributed by atoms with Crippen LogP contribution in [0.3, 0.4) is 0 Å². The van der Waals surface area contributed by atoms with Gasteiger partial charge in [0.1, 0.15) is 5.41 Å². The highest BCUT2D eigenvalue weighted by Gasteiger charge is 2.57. The number of nitrogens with zero attached hydrogens (tertiary/aromatic N) is 1. The molecule has 0 saturated heterocycles. The van der Waals surface area contributed by atoms with E-state index in [1.807, 2.05) is 20.8 Å². The molecule has 23 heavy (non-hydrogen) atoms. The molecule has 1 aromatic rings. The van der Waals surface area contributed by atoms with Gasteiger partial charge in [0, 0.05) is 19.3 Å². The van der Waals surface area contributed by atoms with Crippen molar-refractivity contribution in [2.24, 2.45) is 5.41 Å². The van der Waals surface area contributed by atoms with Gasteiger partial charge >= 0.3 is 0 Å². The Hall–Kier alpha value is -1.84. The topological polar surface area (TPSA) is 49.4 Å². The van der Waals surface area contributed by atoms with E-state index in [1.165, 1.54) is 5.56 Å². The molecular formula is C19H28N2O2. The van der Waals surface area contributed by atoms with E-state index in [2.05, 4.69) is 24.4 Å². The van der Waals surface area contributed by atoms with Gasteiger partial charge in [0.25, 0.3) is 0 Å². The maximum absolute atomic E-state index is 12.7. The molecule has 0 spiro atoms. The maximum Gasteiger partial charge on any atom is 0.240 e. The molecule has 2 rings (SSSR count). The Bertz CT molecular complexity index is 595. The summed E-state index contributed by atoms with van der Waals surface area (Å²) in [5.41, 5.74) is 3.26. The predicted octanol–water partition coefficient (Wildman–Crippen LogP) is 3.59. The summed E-state index contributed by atoms with van der Waals surface area (Å²) in [6.45, 7) is 8.84. The largest absolute Gasteiger partial charge is 0.345 e. The van der Waals surface area contributed by atoms with Gasteiger partial charge in [-0.05, 0) is 51.2 Å². The zero-order chi connectivity index (χ0) is 17.2. The van der Waals surface area contributed by atoms with Crippen LogP contribution in [0.25, 0.3) is 0 Å². The normalized spacial score (nSPS) is 15.2. The quantitative estimate of drug-likeness (QED) is 0.815. The van der Waals surface area contributed by atoms with E-state index in [0.29, 0.717) is 19.4 Å². The SMILES string of the molecule is CCCCN(C)C(=O)C1(C(=O)Nc2c(C)cc(C)cc2C)CC1. The van der Waals surface area contributed by atoms with Gasteiger partial charge in [-0.1, -0.05) is 31.0 Å². The van der Waals surface area contributed by atoms with Crippen molar-refractivity contribution >= 4 is 17.5 Å². The first-order chi connectivity index (χ1) is 10.8. The fourth-order valence-corrected chi connectivity index (χ4v) is 3.14. The Balaban J connectivity index is 2.13. The number of nitrogens with one attached hydrogen (secondary N) is 1. The molecule has 0 bridgehead atoms. The number of carbonyl (C=O) groups is 2. The van der Waals surface area contributed by atoms with Crippen LogP contribution in [0, 0.1) is 26.2 Å². The summed E-state index contributed by atoms with van der Waals surface area (Å²) in [5, 5.41) is 3.01. The van der Waals surface area contributed by atoms with Crippen LogP contribution in [0.1, 0.15) is 49.3 Å². The first kappa shape index (κ1) is 17.5. The van der Waals surface area contributed by atoms with Crippen LogP contribution in [0.5, 0.6) is 0 Å². The number of unbranched alkanes of at least 4 members (excludes halogenated alkanes) is 1. The first-order valence-electron chi connectivity index (χ1n) is 8.46. The number of anilines is 1. The standard InChI is InChI=1S/C19H28N2O2/c1-6-7-10-21(5)18(23)19(8-9-19)17(22)20-16-14(3)11-13(2)12-15(16)4/h11-12H,6-10H2,1-5H3,(H,20,22). The van der Waals surface area contributed by atoms with Crippen molar-refractivity contribution in [3.63, 3.8) is 0 Å². The van der Waals surface area contributed by atoms with E-state index in [1.54, 1.807) is 11.9 Å². The number of hydrogen-bond acceptors (Lipinski definition) is 2. The van der Waals surface area contributed by atoms with Crippen molar-refractivity contribution in [1.82, 2.24) is 4.90 Å². The van der Waals surface area contributed by atoms with Crippen LogP contribution in [-0.2, 0) is 9.59 Å². The smallest absolute Gasteiger partial charge is 0.240 e. The second-order valence-corrected chi connectivity index (χ2v) is 6.89. The van der Waals surface area contributed by atoms with Gasteiger partial charge in [-0.3, -0.25) is 9.59 Å². The fourth-order valence-electron chi connectivity index (χ4n) is 3.14. The van der Waals surface area contributed by atoms with Crippen LogP contribution in [0.4, 0.5) is 5.69 Å². The van der Waals surface area contributed by atoms with Gasteiger partial charge in [-0.2, -0.15) is 0 Å². The molecular weight excluding hydrogens is 288 g/mol. The zero-order valence-electron chi connectivity index (χ0n) is 15.0. The minimum absolute atomic E-state index is 0.0362. The molecule has 1 aromatic carbocycles. The third kappa shape index (κ3) is 3.57. The third-order valence-corrected chi connectivity index (χ3v) is 4.70. The van der Waals surface area contributed by atoms with E-state index in [-0.39, 0.29) is 11.8 Å². The monoisotopic (exact) mass is 316 g/mol. The highest BCUT2D eigenvalue weighted by Crippen LogP contribution is 2.48. The molecule has 0 heterocycles. The van der Waals surface area contributed by atoms with Crippen LogP contribution >= 0.6 is 0 Å². The van der Waals surface area contributed by atoms with Crippen molar-refractivity contribution in [2.45, 2.75) is 53.4 Å². The van der Waals surface area contributed by atoms with E-state index < -0.39 is 5.41 Å². The molecule has 0 unspecified atom stereocenters. The minimum atomic E-state index is -0.841. The Morgan fingerprint density at radius 3 is 2.22 bits per heavy atom. The average Bonchev–Trinajstić information content (AvgIpc) is 3.29. The Morgan fingerprint density at radius 1 is 1.17 bits per heavy atom. The van der Waals surface area contributed by atoms with Crippen molar-refractivity contribution in [3.05, 3.63) is 28.8 Å².